The maximum Gasteiger partial charge on any atom is 0.416 e. The fourth-order valence-corrected chi connectivity index (χ4v) is 4.93. The maximum atomic E-state index is 13.7. The van der Waals surface area contributed by atoms with E-state index in [1.807, 2.05) is 48.5 Å². The van der Waals surface area contributed by atoms with Crippen molar-refractivity contribution in [2.45, 2.75) is 57.2 Å². The molecule has 1 N–H and O–H groups in total. The summed E-state index contributed by atoms with van der Waals surface area (Å²) in [5.74, 6) is 0. The first-order chi connectivity index (χ1) is 16.9. The predicted molar refractivity (Wildman–Crippen MR) is 135 cm³/mol. The number of halogens is 3. The van der Waals surface area contributed by atoms with Crippen molar-refractivity contribution >= 4 is 0 Å². The summed E-state index contributed by atoms with van der Waals surface area (Å²) in [6.45, 7) is 4.58. The molecule has 2 nitrogen and oxygen atoms in total. The van der Waals surface area contributed by atoms with Gasteiger partial charge in [-0.05, 0) is 84.8 Å². The van der Waals surface area contributed by atoms with Crippen LogP contribution in [0.25, 0.3) is 11.1 Å². The van der Waals surface area contributed by atoms with Gasteiger partial charge in [0.1, 0.15) is 0 Å². The van der Waals surface area contributed by atoms with Crippen LogP contribution in [0.1, 0.15) is 54.9 Å². The van der Waals surface area contributed by atoms with E-state index in [4.69, 9.17) is 4.74 Å². The lowest BCUT2D eigenvalue weighted by molar-refractivity contribution is -0.137. The first kappa shape index (κ1) is 25.5. The third-order valence-corrected chi connectivity index (χ3v) is 7.02. The van der Waals surface area contributed by atoms with Crippen LogP contribution >= 0.6 is 0 Å². The Morgan fingerprint density at radius 1 is 0.857 bits per heavy atom. The van der Waals surface area contributed by atoms with Crippen LogP contribution in [0, 0.1) is 0 Å². The molecule has 0 unspecified atom stereocenters. The highest BCUT2D eigenvalue weighted by Gasteiger charge is 2.34. The average molecular weight is 482 g/mol. The van der Waals surface area contributed by atoms with Gasteiger partial charge in [-0.2, -0.15) is 13.2 Å². The van der Waals surface area contributed by atoms with Crippen molar-refractivity contribution in [1.82, 2.24) is 5.32 Å². The minimum absolute atomic E-state index is 0.120. The van der Waals surface area contributed by atoms with E-state index >= 15 is 0 Å². The summed E-state index contributed by atoms with van der Waals surface area (Å²) >= 11 is 0. The highest BCUT2D eigenvalue weighted by atomic mass is 19.4. The highest BCUT2D eigenvalue weighted by molar-refractivity contribution is 5.65. The molecule has 0 saturated carbocycles. The Kier molecular flexibility index (Phi) is 8.30. The molecule has 0 radical (unpaired) electrons. The van der Waals surface area contributed by atoms with Crippen LogP contribution in [0.15, 0.2) is 72.8 Å². The molecule has 35 heavy (non-hydrogen) atoms. The molecule has 3 aromatic rings. The molecule has 0 amide bonds. The van der Waals surface area contributed by atoms with Crippen molar-refractivity contribution in [1.29, 1.82) is 0 Å². The van der Waals surface area contributed by atoms with Gasteiger partial charge in [0.05, 0.1) is 18.8 Å². The number of ether oxygens (including phenoxy) is 1. The van der Waals surface area contributed by atoms with Gasteiger partial charge < -0.3 is 10.1 Å². The molecule has 1 saturated heterocycles. The molecular formula is C30H34F3NO. The zero-order valence-corrected chi connectivity index (χ0v) is 20.3. The molecular weight excluding hydrogens is 447 g/mol. The first-order valence-electron chi connectivity index (χ1n) is 12.5. The van der Waals surface area contributed by atoms with Gasteiger partial charge in [-0.3, -0.25) is 0 Å². The topological polar surface area (TPSA) is 21.3 Å². The van der Waals surface area contributed by atoms with Crippen LogP contribution in [0.2, 0.25) is 0 Å². The van der Waals surface area contributed by atoms with Gasteiger partial charge in [-0.15, -0.1) is 0 Å². The molecule has 1 heterocycles. The standard InChI is InChI=1S/C30H34F3NO/c1-2-3-7-23-10-12-25(13-11-23)26-18-24(19-28(20-26)30(31,32)33)21-35-22-29(14-16-34-17-15-29)27-8-5-4-6-9-27/h4-6,8-13,18-20,34H,2-3,7,14-17,21-22H2,1H3. The van der Waals surface area contributed by atoms with E-state index in [-0.39, 0.29) is 12.0 Å². The van der Waals surface area contributed by atoms with E-state index in [1.165, 1.54) is 23.3 Å². The Hall–Kier alpha value is -2.63. The minimum atomic E-state index is -4.41. The molecule has 3 aromatic carbocycles. The number of piperidine rings is 1. The molecule has 0 aliphatic carbocycles. The highest BCUT2D eigenvalue weighted by Crippen LogP contribution is 2.36. The summed E-state index contributed by atoms with van der Waals surface area (Å²) in [6, 6.07) is 22.5. The monoisotopic (exact) mass is 481 g/mol. The SMILES string of the molecule is CCCCc1ccc(-c2cc(COCC3(c4ccccc4)CCNCC3)cc(C(F)(F)F)c2)cc1. The van der Waals surface area contributed by atoms with E-state index < -0.39 is 11.7 Å². The maximum absolute atomic E-state index is 13.7. The Balaban J connectivity index is 1.54. The van der Waals surface area contributed by atoms with Crippen molar-refractivity contribution < 1.29 is 17.9 Å². The van der Waals surface area contributed by atoms with Crippen LogP contribution in [0.5, 0.6) is 0 Å². The number of benzene rings is 3. The summed E-state index contributed by atoms with van der Waals surface area (Å²) in [5.41, 5.74) is 3.58. The van der Waals surface area contributed by atoms with E-state index in [9.17, 15) is 13.2 Å². The molecule has 186 valence electrons. The fourth-order valence-electron chi connectivity index (χ4n) is 4.93. The van der Waals surface area contributed by atoms with E-state index in [0.29, 0.717) is 17.7 Å². The van der Waals surface area contributed by atoms with E-state index in [2.05, 4.69) is 24.4 Å². The lowest BCUT2D eigenvalue weighted by Crippen LogP contribution is -2.43. The number of aryl methyl sites for hydroxylation is 1. The van der Waals surface area contributed by atoms with Crippen molar-refractivity contribution in [2.24, 2.45) is 0 Å². The van der Waals surface area contributed by atoms with Crippen LogP contribution in [0.3, 0.4) is 0 Å². The Morgan fingerprint density at radius 2 is 1.57 bits per heavy atom. The molecule has 5 heteroatoms. The molecule has 1 aliphatic heterocycles. The number of hydrogen-bond acceptors (Lipinski definition) is 2. The fraction of sp³-hybridized carbons (Fsp3) is 0.400. The Labute approximate surface area is 206 Å². The van der Waals surface area contributed by atoms with E-state index in [1.54, 1.807) is 0 Å². The van der Waals surface area contributed by atoms with Gasteiger partial charge in [0, 0.05) is 5.41 Å². The third kappa shape index (κ3) is 6.53. The van der Waals surface area contributed by atoms with Gasteiger partial charge in [0.25, 0.3) is 0 Å². The summed E-state index contributed by atoms with van der Waals surface area (Å²) in [4.78, 5) is 0. The number of alkyl halides is 3. The number of nitrogens with one attached hydrogen (secondary N) is 1. The number of unbranched alkanes of at least 4 members (excludes halogenated alkanes) is 1. The second-order valence-electron chi connectivity index (χ2n) is 9.61. The zero-order valence-electron chi connectivity index (χ0n) is 20.3. The van der Waals surface area contributed by atoms with E-state index in [0.717, 1.165) is 50.8 Å². The average Bonchev–Trinajstić information content (AvgIpc) is 2.88. The molecule has 0 aromatic heterocycles. The van der Waals surface area contributed by atoms with Crippen LogP contribution in [-0.4, -0.2) is 19.7 Å². The van der Waals surface area contributed by atoms with Gasteiger partial charge >= 0.3 is 6.18 Å². The summed E-state index contributed by atoms with van der Waals surface area (Å²) in [5, 5.41) is 3.40. The van der Waals surface area contributed by atoms with Gasteiger partial charge in [-0.25, -0.2) is 0 Å². The van der Waals surface area contributed by atoms with Crippen LogP contribution < -0.4 is 5.32 Å². The zero-order chi connectivity index (χ0) is 24.7. The molecule has 0 bridgehead atoms. The first-order valence-corrected chi connectivity index (χ1v) is 12.5. The molecule has 1 fully saturated rings. The van der Waals surface area contributed by atoms with Crippen molar-refractivity contribution in [3.05, 3.63) is 95.1 Å². The predicted octanol–water partition coefficient (Wildman–Crippen LogP) is 7.55. The molecule has 0 atom stereocenters. The number of rotatable bonds is 9. The quantitative estimate of drug-likeness (QED) is 0.341. The molecule has 4 rings (SSSR count). The number of hydrogen-bond donors (Lipinski definition) is 1. The lowest BCUT2D eigenvalue weighted by Gasteiger charge is -2.38. The normalized spacial score (nSPS) is 15.8. The van der Waals surface area contributed by atoms with Gasteiger partial charge in [0.2, 0.25) is 0 Å². The van der Waals surface area contributed by atoms with Gasteiger partial charge in [-0.1, -0.05) is 67.9 Å². The second-order valence-corrected chi connectivity index (χ2v) is 9.61. The summed E-state index contributed by atoms with van der Waals surface area (Å²) in [6.07, 6.45) is 0.666. The van der Waals surface area contributed by atoms with Crippen LogP contribution in [0.4, 0.5) is 13.2 Å². The van der Waals surface area contributed by atoms with Gasteiger partial charge in [0.15, 0.2) is 0 Å². The minimum Gasteiger partial charge on any atom is -0.376 e. The molecule has 0 spiro atoms. The summed E-state index contributed by atoms with van der Waals surface area (Å²) in [7, 11) is 0. The molecule has 1 aliphatic rings. The van der Waals surface area contributed by atoms with Crippen LogP contribution in [-0.2, 0) is 29.4 Å². The second kappa shape index (κ2) is 11.4. The van der Waals surface area contributed by atoms with Crippen molar-refractivity contribution in [3.8, 4) is 11.1 Å². The smallest absolute Gasteiger partial charge is 0.376 e. The Morgan fingerprint density at radius 3 is 2.23 bits per heavy atom. The third-order valence-electron chi connectivity index (χ3n) is 7.02. The Bertz CT molecular complexity index is 1070. The lowest BCUT2D eigenvalue weighted by atomic mass is 9.74. The largest absolute Gasteiger partial charge is 0.416 e. The van der Waals surface area contributed by atoms with Crippen molar-refractivity contribution in [2.75, 3.05) is 19.7 Å². The summed E-state index contributed by atoms with van der Waals surface area (Å²) < 4.78 is 47.3. The van der Waals surface area contributed by atoms with Crippen molar-refractivity contribution in [3.63, 3.8) is 0 Å².